The molecule has 0 aromatic heterocycles. The molecule has 0 bridgehead atoms. The molecule has 0 atom stereocenters. The summed E-state index contributed by atoms with van der Waals surface area (Å²) < 4.78 is 1.02. The maximum atomic E-state index is 4.56. The number of thiocarbonyl (C=S) groups is 2. The Morgan fingerprint density at radius 1 is 0.857 bits per heavy atom. The monoisotopic (exact) mass is 302 g/mol. The minimum atomic E-state index is 0. The summed E-state index contributed by atoms with van der Waals surface area (Å²) in [5.41, 5.74) is 0. The Morgan fingerprint density at radius 3 is 0.929 bits per heavy atom. The van der Waals surface area contributed by atoms with E-state index in [0.29, 0.717) is 8.64 Å². The van der Waals surface area contributed by atoms with Crippen molar-refractivity contribution in [2.75, 3.05) is 28.2 Å². The SMILES string of the molecule is CN(C)C(=S)[S-].CN(C)C(=S)[S-].[K+].[Na+]. The van der Waals surface area contributed by atoms with Crippen LogP contribution in [-0.4, -0.2) is 46.6 Å². The normalized spacial score (nSPS) is 6.57. The van der Waals surface area contributed by atoms with Crippen LogP contribution in [-0.2, 0) is 25.3 Å². The van der Waals surface area contributed by atoms with Gasteiger partial charge in [0.15, 0.2) is 0 Å². The van der Waals surface area contributed by atoms with Gasteiger partial charge in [0.1, 0.15) is 0 Å². The molecular formula is C6H12KN2NaS4. The first-order chi connectivity index (χ1) is 5.29. The largest absolute Gasteiger partial charge is 1.00 e. The minimum absolute atomic E-state index is 0. The predicted octanol–water partition coefficient (Wildman–Crippen LogP) is -5.23. The third kappa shape index (κ3) is 24.2. The van der Waals surface area contributed by atoms with Crippen molar-refractivity contribution in [2.45, 2.75) is 0 Å². The van der Waals surface area contributed by atoms with Gasteiger partial charge in [0.2, 0.25) is 0 Å². The molecule has 0 amide bonds. The molecule has 0 aromatic rings. The van der Waals surface area contributed by atoms with Gasteiger partial charge in [0, 0.05) is 28.2 Å². The maximum absolute atomic E-state index is 4.56. The number of hydrogen-bond acceptors (Lipinski definition) is 4. The summed E-state index contributed by atoms with van der Waals surface area (Å²) >= 11 is 18.2. The zero-order valence-corrected chi connectivity index (χ0v) is 17.9. The van der Waals surface area contributed by atoms with Crippen molar-refractivity contribution in [3.63, 3.8) is 0 Å². The molecule has 0 aliphatic rings. The van der Waals surface area contributed by atoms with Crippen LogP contribution in [0.5, 0.6) is 0 Å². The van der Waals surface area contributed by atoms with Crippen molar-refractivity contribution in [2.24, 2.45) is 0 Å². The fourth-order valence-corrected chi connectivity index (χ4v) is 0. The number of nitrogens with zero attached hydrogens (tertiary/aromatic N) is 2. The average Bonchev–Trinajstić information content (AvgIpc) is 1.88. The molecule has 0 unspecified atom stereocenters. The van der Waals surface area contributed by atoms with E-state index in [1.54, 1.807) is 9.80 Å². The Morgan fingerprint density at radius 2 is 0.929 bits per heavy atom. The molecule has 2 nitrogen and oxygen atoms in total. The van der Waals surface area contributed by atoms with Gasteiger partial charge in [-0.15, -0.1) is 0 Å². The fraction of sp³-hybridized carbons (Fsp3) is 0.667. The third-order valence-electron chi connectivity index (χ3n) is 0.730. The first kappa shape index (κ1) is 25.6. The molecule has 0 spiro atoms. The molecule has 0 saturated carbocycles. The maximum Gasteiger partial charge on any atom is 1.00 e. The standard InChI is InChI=1S/2C3H7NS2.K.Na/c2*1-4(2)3(5)6;;/h2*1-2H3,(H,5,6);;/q;;2*+1/p-2. The van der Waals surface area contributed by atoms with Gasteiger partial charge in [0.25, 0.3) is 0 Å². The van der Waals surface area contributed by atoms with Gasteiger partial charge in [0.05, 0.1) is 0 Å². The summed E-state index contributed by atoms with van der Waals surface area (Å²) in [7, 11) is 7.31. The molecule has 0 saturated heterocycles. The Hall–Kier alpha value is 2.86. The van der Waals surface area contributed by atoms with E-state index in [0.717, 1.165) is 0 Å². The van der Waals surface area contributed by atoms with Gasteiger partial charge in [-0.25, -0.2) is 0 Å². The quantitative estimate of drug-likeness (QED) is 0.249. The van der Waals surface area contributed by atoms with E-state index in [2.05, 4.69) is 49.7 Å². The molecule has 72 valence electrons. The summed E-state index contributed by atoms with van der Waals surface area (Å²) in [5.74, 6) is 0. The molecule has 0 N–H and O–H groups in total. The van der Waals surface area contributed by atoms with Crippen molar-refractivity contribution in [3.05, 3.63) is 0 Å². The van der Waals surface area contributed by atoms with Crippen LogP contribution in [0.2, 0.25) is 0 Å². The van der Waals surface area contributed by atoms with E-state index in [-0.39, 0.29) is 80.9 Å². The van der Waals surface area contributed by atoms with E-state index in [1.807, 2.05) is 28.2 Å². The second kappa shape index (κ2) is 15.9. The van der Waals surface area contributed by atoms with Crippen LogP contribution in [0.25, 0.3) is 0 Å². The third-order valence-corrected chi connectivity index (χ3v) is 2.19. The van der Waals surface area contributed by atoms with Crippen LogP contribution >= 0.6 is 24.4 Å². The van der Waals surface area contributed by atoms with Crippen molar-refractivity contribution >= 4 is 58.3 Å². The van der Waals surface area contributed by atoms with Crippen LogP contribution in [0.15, 0.2) is 0 Å². The van der Waals surface area contributed by atoms with Gasteiger partial charge >= 0.3 is 80.9 Å². The summed E-state index contributed by atoms with van der Waals surface area (Å²) in [6.07, 6.45) is 0. The minimum Gasteiger partial charge on any atom is -0.411 e. The van der Waals surface area contributed by atoms with Crippen molar-refractivity contribution in [1.82, 2.24) is 9.80 Å². The van der Waals surface area contributed by atoms with Gasteiger partial charge in [-0.05, 0) is 0 Å². The second-order valence-corrected chi connectivity index (χ2v) is 4.38. The van der Waals surface area contributed by atoms with Crippen LogP contribution < -0.4 is 80.9 Å². The topological polar surface area (TPSA) is 6.48 Å². The second-order valence-electron chi connectivity index (χ2n) is 2.32. The molecular weight excluding hydrogens is 290 g/mol. The zero-order valence-electron chi connectivity index (χ0n) is 9.53. The van der Waals surface area contributed by atoms with E-state index in [1.165, 1.54) is 0 Å². The van der Waals surface area contributed by atoms with Gasteiger partial charge in [-0.1, -0.05) is 8.64 Å². The van der Waals surface area contributed by atoms with Crippen molar-refractivity contribution < 1.29 is 80.9 Å². The van der Waals surface area contributed by atoms with E-state index in [4.69, 9.17) is 0 Å². The van der Waals surface area contributed by atoms with E-state index >= 15 is 0 Å². The van der Waals surface area contributed by atoms with Crippen LogP contribution in [0.1, 0.15) is 0 Å². The average molecular weight is 303 g/mol. The number of hydrogen-bond donors (Lipinski definition) is 0. The van der Waals surface area contributed by atoms with Crippen molar-refractivity contribution in [1.29, 1.82) is 0 Å². The molecule has 14 heavy (non-hydrogen) atoms. The molecule has 8 heteroatoms. The Kier molecular flexibility index (Phi) is 29.0. The first-order valence-corrected chi connectivity index (χ1v) is 4.69. The molecule has 0 fully saturated rings. The van der Waals surface area contributed by atoms with Gasteiger partial charge < -0.3 is 59.5 Å². The van der Waals surface area contributed by atoms with Gasteiger partial charge in [-0.3, -0.25) is 0 Å². The predicted molar refractivity (Wildman–Crippen MR) is 67.3 cm³/mol. The van der Waals surface area contributed by atoms with Crippen LogP contribution in [0.3, 0.4) is 0 Å². The first-order valence-electron chi connectivity index (χ1n) is 3.05. The smallest absolute Gasteiger partial charge is 0.411 e. The van der Waals surface area contributed by atoms with Crippen LogP contribution in [0, 0.1) is 0 Å². The van der Waals surface area contributed by atoms with Crippen molar-refractivity contribution in [3.8, 4) is 0 Å². The summed E-state index contributed by atoms with van der Waals surface area (Å²) in [6.45, 7) is 0. The molecule has 0 aliphatic heterocycles. The summed E-state index contributed by atoms with van der Waals surface area (Å²) in [4.78, 5) is 3.43. The van der Waals surface area contributed by atoms with Gasteiger partial charge in [-0.2, -0.15) is 0 Å². The Balaban J connectivity index is -0.0000000625. The van der Waals surface area contributed by atoms with E-state index in [9.17, 15) is 0 Å². The fourth-order valence-electron chi connectivity index (χ4n) is 0. The molecule has 0 aliphatic carbocycles. The Labute approximate surface area is 173 Å². The zero-order chi connectivity index (χ0) is 10.3. The molecule has 0 heterocycles. The molecule has 0 rings (SSSR count). The summed E-state index contributed by atoms with van der Waals surface area (Å²) in [6, 6.07) is 0. The number of rotatable bonds is 0. The van der Waals surface area contributed by atoms with Crippen LogP contribution in [0.4, 0.5) is 0 Å². The van der Waals surface area contributed by atoms with E-state index < -0.39 is 0 Å². The summed E-state index contributed by atoms with van der Waals surface area (Å²) in [5, 5.41) is 0. The molecule has 0 aromatic carbocycles. The molecule has 0 radical (unpaired) electrons. The Bertz CT molecular complexity index is 148.